The molecule has 4 nitrogen and oxygen atoms in total. The quantitative estimate of drug-likeness (QED) is 0.899. The number of carboxylic acid groups (broad SMARTS) is 1. The third-order valence-electron chi connectivity index (χ3n) is 3.35. The summed E-state index contributed by atoms with van der Waals surface area (Å²) in [4.78, 5) is 24.7. The fourth-order valence-electron chi connectivity index (χ4n) is 2.32. The Morgan fingerprint density at radius 2 is 1.80 bits per heavy atom. The van der Waals surface area contributed by atoms with Gasteiger partial charge in [0.15, 0.2) is 0 Å². The van der Waals surface area contributed by atoms with Gasteiger partial charge in [0.2, 0.25) is 5.91 Å². The maximum absolute atomic E-state index is 12.3. The minimum atomic E-state index is -0.878. The molecule has 1 N–H and O–H groups in total. The van der Waals surface area contributed by atoms with Gasteiger partial charge >= 0.3 is 5.97 Å². The SMILES string of the molecule is Cc1ccc(N(C)C(=O)CC(C)(C)CC(=O)O)c(C)c1. The summed E-state index contributed by atoms with van der Waals surface area (Å²) in [5.41, 5.74) is 2.51. The van der Waals surface area contributed by atoms with Crippen molar-refractivity contribution in [3.63, 3.8) is 0 Å². The number of aryl methyl sites for hydroxylation is 2. The monoisotopic (exact) mass is 277 g/mol. The highest BCUT2D eigenvalue weighted by Gasteiger charge is 2.27. The Bertz CT molecular complexity index is 520. The van der Waals surface area contributed by atoms with Crippen LogP contribution in [0.1, 0.15) is 37.8 Å². The molecule has 1 amide bonds. The molecule has 0 saturated carbocycles. The number of carboxylic acids is 1. The van der Waals surface area contributed by atoms with Crippen molar-refractivity contribution in [1.29, 1.82) is 0 Å². The molecule has 0 spiro atoms. The van der Waals surface area contributed by atoms with E-state index in [1.807, 2.05) is 32.0 Å². The molecule has 0 atom stereocenters. The number of benzene rings is 1. The van der Waals surface area contributed by atoms with E-state index in [4.69, 9.17) is 5.11 Å². The first kappa shape index (κ1) is 16.2. The molecule has 0 aromatic heterocycles. The number of amides is 1. The molecular formula is C16H23NO3. The topological polar surface area (TPSA) is 57.6 Å². The predicted molar refractivity (Wildman–Crippen MR) is 80.0 cm³/mol. The summed E-state index contributed by atoms with van der Waals surface area (Å²) in [6, 6.07) is 5.92. The fraction of sp³-hybridized carbons (Fsp3) is 0.500. The molecule has 0 heterocycles. The standard InChI is InChI=1S/C16H23NO3/c1-11-6-7-13(12(2)8-11)17(5)14(18)9-16(3,4)10-15(19)20/h6-8H,9-10H2,1-5H3,(H,19,20). The van der Waals surface area contributed by atoms with E-state index < -0.39 is 11.4 Å². The number of rotatable bonds is 5. The summed E-state index contributed by atoms with van der Waals surface area (Å²) >= 11 is 0. The van der Waals surface area contributed by atoms with Gasteiger partial charge in [-0.2, -0.15) is 0 Å². The van der Waals surface area contributed by atoms with Crippen LogP contribution >= 0.6 is 0 Å². The van der Waals surface area contributed by atoms with Gasteiger partial charge in [-0.3, -0.25) is 9.59 Å². The predicted octanol–water partition coefficient (Wildman–Crippen LogP) is 3.16. The molecular weight excluding hydrogens is 254 g/mol. The van der Waals surface area contributed by atoms with Gasteiger partial charge in [-0.05, 0) is 30.9 Å². The third kappa shape index (κ3) is 4.37. The second-order valence-corrected chi connectivity index (χ2v) is 6.15. The van der Waals surface area contributed by atoms with Crippen LogP contribution in [-0.2, 0) is 9.59 Å². The highest BCUT2D eigenvalue weighted by molar-refractivity contribution is 5.94. The second-order valence-electron chi connectivity index (χ2n) is 6.15. The number of anilines is 1. The van der Waals surface area contributed by atoms with Crippen LogP contribution in [-0.4, -0.2) is 24.0 Å². The Morgan fingerprint density at radius 3 is 2.30 bits per heavy atom. The minimum Gasteiger partial charge on any atom is -0.481 e. The summed E-state index contributed by atoms with van der Waals surface area (Å²) in [7, 11) is 1.73. The van der Waals surface area contributed by atoms with Crippen LogP contribution in [0.4, 0.5) is 5.69 Å². The largest absolute Gasteiger partial charge is 0.481 e. The number of carbonyl (C=O) groups is 2. The van der Waals surface area contributed by atoms with Gasteiger partial charge < -0.3 is 10.0 Å². The van der Waals surface area contributed by atoms with E-state index in [1.165, 1.54) is 0 Å². The summed E-state index contributed by atoms with van der Waals surface area (Å²) in [6.07, 6.45) is 0.197. The number of hydrogen-bond donors (Lipinski definition) is 1. The van der Waals surface area contributed by atoms with E-state index in [2.05, 4.69) is 0 Å². The molecule has 0 bridgehead atoms. The van der Waals surface area contributed by atoms with Gasteiger partial charge in [0.05, 0.1) is 6.42 Å². The number of aliphatic carboxylic acids is 1. The van der Waals surface area contributed by atoms with E-state index in [-0.39, 0.29) is 18.7 Å². The molecule has 0 aliphatic rings. The maximum atomic E-state index is 12.3. The van der Waals surface area contributed by atoms with E-state index in [0.717, 1.165) is 16.8 Å². The van der Waals surface area contributed by atoms with Crippen LogP contribution in [0.15, 0.2) is 18.2 Å². The van der Waals surface area contributed by atoms with Crippen molar-refractivity contribution in [3.8, 4) is 0 Å². The Hall–Kier alpha value is -1.84. The third-order valence-corrected chi connectivity index (χ3v) is 3.35. The molecule has 20 heavy (non-hydrogen) atoms. The van der Waals surface area contributed by atoms with E-state index in [1.54, 1.807) is 25.8 Å². The van der Waals surface area contributed by atoms with Crippen LogP contribution < -0.4 is 4.90 Å². The minimum absolute atomic E-state index is 0.0144. The van der Waals surface area contributed by atoms with Gasteiger partial charge in [-0.25, -0.2) is 0 Å². The molecule has 0 radical (unpaired) electrons. The van der Waals surface area contributed by atoms with E-state index in [9.17, 15) is 9.59 Å². The molecule has 0 fully saturated rings. The van der Waals surface area contributed by atoms with E-state index >= 15 is 0 Å². The first-order valence-electron chi connectivity index (χ1n) is 6.68. The van der Waals surface area contributed by atoms with Gasteiger partial charge in [0.1, 0.15) is 0 Å². The Morgan fingerprint density at radius 1 is 1.20 bits per heavy atom. The van der Waals surface area contributed by atoms with Crippen LogP contribution in [0.25, 0.3) is 0 Å². The lowest BCUT2D eigenvalue weighted by Crippen LogP contribution is -2.32. The van der Waals surface area contributed by atoms with Gasteiger partial charge in [-0.1, -0.05) is 31.5 Å². The lowest BCUT2D eigenvalue weighted by atomic mass is 9.85. The lowest BCUT2D eigenvalue weighted by molar-refractivity contribution is -0.139. The summed E-state index contributed by atoms with van der Waals surface area (Å²) in [6.45, 7) is 7.58. The number of hydrogen-bond acceptors (Lipinski definition) is 2. The van der Waals surface area contributed by atoms with Crippen molar-refractivity contribution in [1.82, 2.24) is 0 Å². The second kappa shape index (κ2) is 6.07. The van der Waals surface area contributed by atoms with Crippen molar-refractivity contribution in [2.45, 2.75) is 40.5 Å². The highest BCUT2D eigenvalue weighted by atomic mass is 16.4. The average Bonchev–Trinajstić information content (AvgIpc) is 2.25. The molecule has 0 aliphatic heterocycles. The van der Waals surface area contributed by atoms with Crippen molar-refractivity contribution < 1.29 is 14.7 Å². The smallest absolute Gasteiger partial charge is 0.303 e. The van der Waals surface area contributed by atoms with Gasteiger partial charge in [0, 0.05) is 19.2 Å². The average molecular weight is 277 g/mol. The van der Waals surface area contributed by atoms with Crippen molar-refractivity contribution in [2.24, 2.45) is 5.41 Å². The molecule has 4 heteroatoms. The van der Waals surface area contributed by atoms with Crippen molar-refractivity contribution in [3.05, 3.63) is 29.3 Å². The fourth-order valence-corrected chi connectivity index (χ4v) is 2.32. The lowest BCUT2D eigenvalue weighted by Gasteiger charge is -2.26. The number of carbonyl (C=O) groups excluding carboxylic acids is 1. The summed E-state index contributed by atoms with van der Waals surface area (Å²) < 4.78 is 0. The molecule has 1 aromatic carbocycles. The zero-order chi connectivity index (χ0) is 15.5. The molecule has 1 aromatic rings. The van der Waals surface area contributed by atoms with Crippen LogP contribution in [0.2, 0.25) is 0 Å². The number of nitrogens with zero attached hydrogens (tertiary/aromatic N) is 1. The van der Waals surface area contributed by atoms with Crippen LogP contribution in [0, 0.1) is 19.3 Å². The molecule has 110 valence electrons. The van der Waals surface area contributed by atoms with Crippen molar-refractivity contribution in [2.75, 3.05) is 11.9 Å². The molecule has 1 rings (SSSR count). The normalized spacial score (nSPS) is 11.2. The molecule has 0 saturated heterocycles. The first-order chi connectivity index (χ1) is 9.12. The molecule has 0 unspecified atom stereocenters. The summed E-state index contributed by atoms with van der Waals surface area (Å²) in [5.74, 6) is -0.944. The van der Waals surface area contributed by atoms with E-state index in [0.29, 0.717) is 0 Å². The zero-order valence-corrected chi connectivity index (χ0v) is 12.9. The van der Waals surface area contributed by atoms with Crippen LogP contribution in [0.3, 0.4) is 0 Å². The summed E-state index contributed by atoms with van der Waals surface area (Å²) in [5, 5.41) is 8.87. The Kier molecular flexibility index (Phi) is 4.93. The first-order valence-corrected chi connectivity index (χ1v) is 6.68. The van der Waals surface area contributed by atoms with Crippen LogP contribution in [0.5, 0.6) is 0 Å². The van der Waals surface area contributed by atoms with Gasteiger partial charge in [-0.15, -0.1) is 0 Å². The van der Waals surface area contributed by atoms with Crippen molar-refractivity contribution >= 4 is 17.6 Å². The maximum Gasteiger partial charge on any atom is 0.303 e. The zero-order valence-electron chi connectivity index (χ0n) is 12.9. The molecule has 0 aliphatic carbocycles. The Labute approximate surface area is 120 Å². The Balaban J connectivity index is 2.84. The van der Waals surface area contributed by atoms with Gasteiger partial charge in [0.25, 0.3) is 0 Å². The highest BCUT2D eigenvalue weighted by Crippen LogP contribution is 2.28.